The molecule has 1 atom stereocenters. The van der Waals surface area contributed by atoms with E-state index in [4.69, 9.17) is 0 Å². The second-order valence-corrected chi connectivity index (χ2v) is 5.16. The first-order valence-electron chi connectivity index (χ1n) is 7.35. The van der Waals surface area contributed by atoms with E-state index in [0.717, 1.165) is 36.7 Å². The van der Waals surface area contributed by atoms with Gasteiger partial charge in [-0.1, -0.05) is 13.8 Å². The summed E-state index contributed by atoms with van der Waals surface area (Å²) in [6.07, 6.45) is 4.19. The molecule has 1 rings (SSSR count). The summed E-state index contributed by atoms with van der Waals surface area (Å²) in [6.45, 7) is 14.1. The van der Waals surface area contributed by atoms with Crippen molar-refractivity contribution in [2.45, 2.75) is 53.5 Å². The minimum Gasteiger partial charge on any atom is -0.366 e. The van der Waals surface area contributed by atoms with Crippen LogP contribution in [0.1, 0.15) is 45.0 Å². The molecule has 0 bridgehead atoms. The maximum absolute atomic E-state index is 4.50. The van der Waals surface area contributed by atoms with E-state index in [1.54, 1.807) is 0 Å². The Morgan fingerprint density at radius 1 is 1.26 bits per heavy atom. The molecule has 19 heavy (non-hydrogen) atoms. The average Bonchev–Trinajstić information content (AvgIpc) is 2.39. The zero-order chi connectivity index (χ0) is 14.3. The summed E-state index contributed by atoms with van der Waals surface area (Å²) in [5.41, 5.74) is 1.93. The second kappa shape index (κ2) is 8.10. The second-order valence-electron chi connectivity index (χ2n) is 5.16. The minimum absolute atomic E-state index is 0.436. The number of nitrogens with one attached hydrogen (secondary N) is 1. The van der Waals surface area contributed by atoms with Crippen molar-refractivity contribution in [2.75, 3.05) is 25.0 Å². The lowest BCUT2D eigenvalue weighted by molar-refractivity contribution is 0.295. The van der Waals surface area contributed by atoms with Crippen molar-refractivity contribution in [1.29, 1.82) is 0 Å². The molecule has 1 N–H and O–H groups in total. The summed E-state index contributed by atoms with van der Waals surface area (Å²) in [5, 5.41) is 3.47. The van der Waals surface area contributed by atoms with Gasteiger partial charge in [0.2, 0.25) is 0 Å². The molecule has 0 saturated heterocycles. The lowest BCUT2D eigenvalue weighted by atomic mass is 10.1. The van der Waals surface area contributed by atoms with Gasteiger partial charge in [0.15, 0.2) is 0 Å². The highest BCUT2D eigenvalue weighted by atomic mass is 15.1. The summed E-state index contributed by atoms with van der Waals surface area (Å²) < 4.78 is 0. The van der Waals surface area contributed by atoms with Crippen LogP contribution in [0.25, 0.3) is 0 Å². The smallest absolute Gasteiger partial charge is 0.147 e. The lowest BCUT2D eigenvalue weighted by Crippen LogP contribution is -2.26. The Morgan fingerprint density at radius 2 is 1.95 bits per heavy atom. The summed E-state index contributed by atoms with van der Waals surface area (Å²) in [7, 11) is 0. The first-order chi connectivity index (χ1) is 9.06. The molecule has 0 unspecified atom stereocenters. The van der Waals surface area contributed by atoms with Gasteiger partial charge in [-0.15, -0.1) is 0 Å². The van der Waals surface area contributed by atoms with E-state index >= 15 is 0 Å². The number of hydrogen-bond donors (Lipinski definition) is 1. The highest BCUT2D eigenvalue weighted by Crippen LogP contribution is 2.12. The number of hydrogen-bond acceptors (Lipinski definition) is 4. The van der Waals surface area contributed by atoms with Crippen molar-refractivity contribution >= 4 is 5.82 Å². The van der Waals surface area contributed by atoms with E-state index in [1.807, 2.05) is 20.0 Å². The van der Waals surface area contributed by atoms with Gasteiger partial charge in [0.25, 0.3) is 0 Å². The molecule has 0 amide bonds. The third kappa shape index (κ3) is 5.55. The number of aromatic nitrogens is 2. The molecule has 0 spiro atoms. The highest BCUT2D eigenvalue weighted by Gasteiger charge is 2.07. The van der Waals surface area contributed by atoms with Crippen LogP contribution in [0.15, 0.2) is 6.20 Å². The normalized spacial score (nSPS) is 12.7. The molecular weight excluding hydrogens is 236 g/mol. The van der Waals surface area contributed by atoms with Crippen LogP contribution in [0.2, 0.25) is 0 Å². The summed E-state index contributed by atoms with van der Waals surface area (Å²) in [5.74, 6) is 0.926. The Balaban J connectivity index is 2.38. The van der Waals surface area contributed by atoms with Gasteiger partial charge in [0.05, 0.1) is 11.4 Å². The fraction of sp³-hybridized carbons (Fsp3) is 0.733. The third-order valence-electron chi connectivity index (χ3n) is 3.46. The number of rotatable bonds is 8. The van der Waals surface area contributed by atoms with E-state index in [0.29, 0.717) is 6.04 Å². The summed E-state index contributed by atoms with van der Waals surface area (Å²) in [4.78, 5) is 11.3. The van der Waals surface area contributed by atoms with Crippen molar-refractivity contribution in [3.63, 3.8) is 0 Å². The van der Waals surface area contributed by atoms with Gasteiger partial charge in [-0.25, -0.2) is 4.98 Å². The maximum Gasteiger partial charge on any atom is 0.147 e. The molecule has 1 aromatic heterocycles. The van der Waals surface area contributed by atoms with E-state index in [9.17, 15) is 0 Å². The van der Waals surface area contributed by atoms with Crippen LogP contribution in [-0.2, 0) is 0 Å². The van der Waals surface area contributed by atoms with Gasteiger partial charge in [0.1, 0.15) is 5.82 Å². The van der Waals surface area contributed by atoms with Crippen molar-refractivity contribution in [2.24, 2.45) is 0 Å². The van der Waals surface area contributed by atoms with Crippen LogP contribution in [0.4, 0.5) is 5.82 Å². The van der Waals surface area contributed by atoms with E-state index in [1.165, 1.54) is 13.0 Å². The van der Waals surface area contributed by atoms with Crippen LogP contribution in [0.5, 0.6) is 0 Å². The zero-order valence-electron chi connectivity index (χ0n) is 13.0. The fourth-order valence-electron chi connectivity index (χ4n) is 2.14. The van der Waals surface area contributed by atoms with Crippen LogP contribution in [0, 0.1) is 13.8 Å². The fourth-order valence-corrected chi connectivity index (χ4v) is 2.14. The van der Waals surface area contributed by atoms with Gasteiger partial charge < -0.3 is 10.2 Å². The van der Waals surface area contributed by atoms with Crippen LogP contribution < -0.4 is 5.32 Å². The molecule has 0 aromatic carbocycles. The molecule has 0 fully saturated rings. The molecule has 4 heteroatoms. The zero-order valence-corrected chi connectivity index (χ0v) is 13.0. The van der Waals surface area contributed by atoms with E-state index in [2.05, 4.69) is 41.0 Å². The minimum atomic E-state index is 0.436. The highest BCUT2D eigenvalue weighted by molar-refractivity contribution is 5.40. The van der Waals surface area contributed by atoms with Gasteiger partial charge in [-0.2, -0.15) is 0 Å². The van der Waals surface area contributed by atoms with Crippen LogP contribution in [-0.4, -0.2) is 40.5 Å². The SMILES string of the molecule is CCN(CC)CCC[C@H](C)Nc1nc(C)cnc1C. The van der Waals surface area contributed by atoms with E-state index < -0.39 is 0 Å². The van der Waals surface area contributed by atoms with Gasteiger partial charge in [0, 0.05) is 12.2 Å². The van der Waals surface area contributed by atoms with Crippen molar-refractivity contribution in [1.82, 2.24) is 14.9 Å². The van der Waals surface area contributed by atoms with Crippen LogP contribution in [0.3, 0.4) is 0 Å². The predicted molar refractivity (Wildman–Crippen MR) is 81.6 cm³/mol. The molecule has 0 saturated carbocycles. The molecule has 1 heterocycles. The molecular formula is C15H28N4. The monoisotopic (exact) mass is 264 g/mol. The lowest BCUT2D eigenvalue weighted by Gasteiger charge is -2.20. The molecule has 0 radical (unpaired) electrons. The quantitative estimate of drug-likeness (QED) is 0.783. The van der Waals surface area contributed by atoms with Crippen molar-refractivity contribution in [3.8, 4) is 0 Å². The number of anilines is 1. The van der Waals surface area contributed by atoms with Crippen molar-refractivity contribution < 1.29 is 0 Å². The molecule has 0 aliphatic carbocycles. The molecule has 108 valence electrons. The summed E-state index contributed by atoms with van der Waals surface area (Å²) in [6, 6.07) is 0.436. The first-order valence-corrected chi connectivity index (χ1v) is 7.35. The van der Waals surface area contributed by atoms with Crippen molar-refractivity contribution in [3.05, 3.63) is 17.6 Å². The Morgan fingerprint density at radius 3 is 2.58 bits per heavy atom. The molecule has 1 aromatic rings. The Hall–Kier alpha value is -1.16. The van der Waals surface area contributed by atoms with Gasteiger partial charge >= 0.3 is 0 Å². The van der Waals surface area contributed by atoms with Crippen LogP contribution >= 0.6 is 0 Å². The third-order valence-corrected chi connectivity index (χ3v) is 3.46. The average molecular weight is 264 g/mol. The summed E-state index contributed by atoms with van der Waals surface area (Å²) >= 11 is 0. The number of nitrogens with zero attached hydrogens (tertiary/aromatic N) is 3. The topological polar surface area (TPSA) is 41.0 Å². The van der Waals surface area contributed by atoms with Gasteiger partial charge in [-0.3, -0.25) is 4.98 Å². The molecule has 0 aliphatic rings. The Kier molecular flexibility index (Phi) is 6.78. The predicted octanol–water partition coefficient (Wildman–Crippen LogP) is 3.02. The van der Waals surface area contributed by atoms with Gasteiger partial charge in [-0.05, 0) is 53.2 Å². The Labute approximate surface area is 117 Å². The maximum atomic E-state index is 4.50. The Bertz CT molecular complexity index is 374. The molecule has 4 nitrogen and oxygen atoms in total. The first kappa shape index (κ1) is 15.9. The van der Waals surface area contributed by atoms with E-state index in [-0.39, 0.29) is 0 Å². The largest absolute Gasteiger partial charge is 0.366 e. The number of aryl methyl sites for hydroxylation is 2. The standard InChI is InChI=1S/C15H28N4/c1-6-19(7-2)10-8-9-12(3)17-15-14(5)16-11-13(4)18-15/h11-12H,6-10H2,1-5H3,(H,17,18)/t12-/m0/s1. The molecule has 0 aliphatic heterocycles.